The Balaban J connectivity index is 2.42. The van der Waals surface area contributed by atoms with E-state index in [0.29, 0.717) is 5.52 Å². The van der Waals surface area contributed by atoms with Crippen LogP contribution in [0.2, 0.25) is 0 Å². The normalized spacial score (nSPS) is 15.4. The lowest BCUT2D eigenvalue weighted by Crippen LogP contribution is -2.15. The van der Waals surface area contributed by atoms with Crippen LogP contribution >= 0.6 is 0 Å². The molecule has 0 atom stereocenters. The van der Waals surface area contributed by atoms with Gasteiger partial charge in [0.1, 0.15) is 5.82 Å². The Morgan fingerprint density at radius 1 is 1.17 bits per heavy atom. The molecule has 3 heteroatoms. The van der Waals surface area contributed by atoms with E-state index in [4.69, 9.17) is 0 Å². The van der Waals surface area contributed by atoms with Crippen LogP contribution in [0.4, 0.5) is 4.39 Å². The largest absolute Gasteiger partial charge is 0.358 e. The van der Waals surface area contributed by atoms with Crippen LogP contribution < -0.4 is 5.43 Å². The van der Waals surface area contributed by atoms with Crippen molar-refractivity contribution in [2.45, 2.75) is 39.0 Å². The van der Waals surface area contributed by atoms with Gasteiger partial charge in [-0.05, 0) is 44.2 Å². The quantitative estimate of drug-likeness (QED) is 0.710. The lowest BCUT2D eigenvalue weighted by Gasteiger charge is -2.10. The Hall–Kier alpha value is -1.64. The van der Waals surface area contributed by atoms with Crippen LogP contribution in [0.3, 0.4) is 0 Å². The van der Waals surface area contributed by atoms with Crippen LogP contribution in [0, 0.1) is 12.7 Å². The molecule has 0 aliphatic heterocycles. The van der Waals surface area contributed by atoms with Gasteiger partial charge < -0.3 is 4.98 Å². The SMILES string of the molecule is Cc1ccc(F)c2c(=O)c3c([nH]c12)CCCCC3. The van der Waals surface area contributed by atoms with Crippen molar-refractivity contribution in [3.63, 3.8) is 0 Å². The molecule has 0 unspecified atom stereocenters. The van der Waals surface area contributed by atoms with Gasteiger partial charge in [-0.1, -0.05) is 12.5 Å². The van der Waals surface area contributed by atoms with Crippen LogP contribution in [0.1, 0.15) is 36.1 Å². The molecule has 1 heterocycles. The number of aromatic amines is 1. The number of benzene rings is 1. The smallest absolute Gasteiger partial charge is 0.195 e. The monoisotopic (exact) mass is 245 g/mol. The molecule has 0 saturated carbocycles. The molecule has 0 fully saturated rings. The summed E-state index contributed by atoms with van der Waals surface area (Å²) in [5.74, 6) is -0.413. The predicted molar refractivity (Wildman–Crippen MR) is 70.5 cm³/mol. The molecule has 2 nitrogen and oxygen atoms in total. The number of hydrogen-bond donors (Lipinski definition) is 1. The number of hydrogen-bond acceptors (Lipinski definition) is 1. The number of aromatic nitrogens is 1. The summed E-state index contributed by atoms with van der Waals surface area (Å²) in [5.41, 5.74) is 3.29. The first-order chi connectivity index (χ1) is 8.68. The lowest BCUT2D eigenvalue weighted by atomic mass is 10.0. The highest BCUT2D eigenvalue weighted by atomic mass is 19.1. The number of aryl methyl sites for hydroxylation is 2. The van der Waals surface area contributed by atoms with Crippen molar-refractivity contribution in [2.75, 3.05) is 0 Å². The highest BCUT2D eigenvalue weighted by Crippen LogP contribution is 2.22. The van der Waals surface area contributed by atoms with E-state index in [1.54, 1.807) is 6.07 Å². The number of rotatable bonds is 0. The highest BCUT2D eigenvalue weighted by molar-refractivity contribution is 5.83. The van der Waals surface area contributed by atoms with Crippen LogP contribution in [0.25, 0.3) is 10.9 Å². The summed E-state index contributed by atoms with van der Waals surface area (Å²) in [4.78, 5) is 15.7. The van der Waals surface area contributed by atoms with Crippen molar-refractivity contribution in [1.29, 1.82) is 0 Å². The van der Waals surface area contributed by atoms with Crippen molar-refractivity contribution in [3.8, 4) is 0 Å². The molecule has 0 bridgehead atoms. The molecule has 1 aromatic carbocycles. The maximum absolute atomic E-state index is 13.9. The third-order valence-corrected chi connectivity index (χ3v) is 3.86. The van der Waals surface area contributed by atoms with E-state index in [1.165, 1.54) is 6.07 Å². The van der Waals surface area contributed by atoms with E-state index in [2.05, 4.69) is 4.98 Å². The average molecular weight is 245 g/mol. The number of halogens is 1. The van der Waals surface area contributed by atoms with Crippen LogP contribution in [0.5, 0.6) is 0 Å². The number of fused-ring (bicyclic) bond motifs is 2. The first-order valence-corrected chi connectivity index (χ1v) is 6.51. The van der Waals surface area contributed by atoms with Crippen molar-refractivity contribution in [1.82, 2.24) is 4.98 Å². The standard InChI is InChI=1S/C15H16FNO/c1-9-7-8-11(16)13-14(9)17-12-6-4-2-3-5-10(12)15(13)18/h7-8H,2-6H2,1H3,(H,17,18). The van der Waals surface area contributed by atoms with Gasteiger partial charge in [-0.15, -0.1) is 0 Å². The molecular weight excluding hydrogens is 229 g/mol. The molecule has 2 aromatic rings. The molecule has 18 heavy (non-hydrogen) atoms. The van der Waals surface area contributed by atoms with E-state index in [0.717, 1.165) is 48.9 Å². The van der Waals surface area contributed by atoms with Gasteiger partial charge in [0.05, 0.1) is 10.9 Å². The fourth-order valence-corrected chi connectivity index (χ4v) is 2.84. The van der Waals surface area contributed by atoms with Crippen molar-refractivity contribution in [2.24, 2.45) is 0 Å². The second-order valence-corrected chi connectivity index (χ2v) is 5.09. The van der Waals surface area contributed by atoms with E-state index >= 15 is 0 Å². The van der Waals surface area contributed by atoms with Gasteiger partial charge in [0.25, 0.3) is 0 Å². The maximum atomic E-state index is 13.9. The van der Waals surface area contributed by atoms with Crippen molar-refractivity contribution in [3.05, 3.63) is 45.0 Å². The lowest BCUT2D eigenvalue weighted by molar-refractivity contribution is 0.638. The zero-order chi connectivity index (χ0) is 12.7. The van der Waals surface area contributed by atoms with Gasteiger partial charge in [-0.25, -0.2) is 4.39 Å². The molecule has 1 aliphatic carbocycles. The summed E-state index contributed by atoms with van der Waals surface area (Å²) in [6.07, 6.45) is 4.93. The third kappa shape index (κ3) is 1.65. The molecule has 1 aromatic heterocycles. The third-order valence-electron chi connectivity index (χ3n) is 3.86. The fraction of sp³-hybridized carbons (Fsp3) is 0.400. The molecule has 0 spiro atoms. The molecule has 0 saturated heterocycles. The molecule has 1 aliphatic rings. The summed E-state index contributed by atoms with van der Waals surface area (Å²) >= 11 is 0. The Morgan fingerprint density at radius 3 is 2.78 bits per heavy atom. The van der Waals surface area contributed by atoms with Crippen LogP contribution in [-0.4, -0.2) is 4.98 Å². The minimum Gasteiger partial charge on any atom is -0.358 e. The van der Waals surface area contributed by atoms with E-state index in [-0.39, 0.29) is 10.8 Å². The van der Waals surface area contributed by atoms with Gasteiger partial charge in [-0.2, -0.15) is 0 Å². The van der Waals surface area contributed by atoms with Crippen LogP contribution in [-0.2, 0) is 12.8 Å². The van der Waals surface area contributed by atoms with Gasteiger partial charge >= 0.3 is 0 Å². The Labute approximate surface area is 105 Å². The second kappa shape index (κ2) is 4.23. The number of H-pyrrole nitrogens is 1. The molecule has 0 amide bonds. The highest BCUT2D eigenvalue weighted by Gasteiger charge is 2.17. The number of nitrogens with one attached hydrogen (secondary N) is 1. The summed E-state index contributed by atoms with van der Waals surface area (Å²) < 4.78 is 13.9. The molecular formula is C15H16FNO. The summed E-state index contributed by atoms with van der Waals surface area (Å²) in [6.45, 7) is 1.90. The first-order valence-electron chi connectivity index (χ1n) is 6.51. The van der Waals surface area contributed by atoms with Gasteiger partial charge in [0.15, 0.2) is 5.43 Å². The average Bonchev–Trinajstić information content (AvgIpc) is 2.59. The minimum atomic E-state index is -0.413. The minimum absolute atomic E-state index is 0.109. The van der Waals surface area contributed by atoms with Crippen molar-refractivity contribution < 1.29 is 4.39 Å². The Kier molecular flexibility index (Phi) is 2.69. The maximum Gasteiger partial charge on any atom is 0.195 e. The van der Waals surface area contributed by atoms with Gasteiger partial charge in [0, 0.05) is 11.3 Å². The van der Waals surface area contributed by atoms with Crippen LogP contribution in [0.15, 0.2) is 16.9 Å². The topological polar surface area (TPSA) is 32.9 Å². The summed E-state index contributed by atoms with van der Waals surface area (Å²) in [7, 11) is 0. The zero-order valence-corrected chi connectivity index (χ0v) is 10.5. The fourth-order valence-electron chi connectivity index (χ4n) is 2.84. The second-order valence-electron chi connectivity index (χ2n) is 5.09. The summed E-state index contributed by atoms with van der Waals surface area (Å²) in [5, 5.41) is 0.232. The Bertz CT molecular complexity index is 672. The predicted octanol–water partition coefficient (Wildman–Crippen LogP) is 3.24. The molecule has 0 radical (unpaired) electrons. The molecule has 1 N–H and O–H groups in total. The molecule has 3 rings (SSSR count). The summed E-state index contributed by atoms with van der Waals surface area (Å²) in [6, 6.07) is 3.10. The van der Waals surface area contributed by atoms with E-state index in [1.807, 2.05) is 6.92 Å². The van der Waals surface area contributed by atoms with Crippen molar-refractivity contribution >= 4 is 10.9 Å². The Morgan fingerprint density at radius 2 is 1.94 bits per heavy atom. The van der Waals surface area contributed by atoms with E-state index in [9.17, 15) is 9.18 Å². The number of pyridine rings is 1. The van der Waals surface area contributed by atoms with Gasteiger partial charge in [0.2, 0.25) is 0 Å². The molecule has 94 valence electrons. The zero-order valence-electron chi connectivity index (χ0n) is 10.5. The first kappa shape index (κ1) is 11.5. The van der Waals surface area contributed by atoms with Gasteiger partial charge in [-0.3, -0.25) is 4.79 Å². The van der Waals surface area contributed by atoms with E-state index < -0.39 is 5.82 Å².